The third kappa shape index (κ3) is 2.15. The van der Waals surface area contributed by atoms with E-state index in [2.05, 4.69) is 17.0 Å². The minimum atomic E-state index is 0.0689. The zero-order chi connectivity index (χ0) is 12.5. The lowest BCUT2D eigenvalue weighted by molar-refractivity contribution is -0.133. The molecule has 2 fully saturated rings. The standard InChI is InChI=1S/C15H20N2O/c16-13-7-4-8-14(18)17(12-9-10-12)15(13)11-5-2-1-3-6-11/h1-3,5-6,12-13,15H,4,7-10,16H2. The number of carbonyl (C=O) groups is 1. The van der Waals surface area contributed by atoms with Crippen molar-refractivity contribution in [3.05, 3.63) is 35.9 Å². The smallest absolute Gasteiger partial charge is 0.223 e. The van der Waals surface area contributed by atoms with E-state index in [0.29, 0.717) is 18.4 Å². The number of amides is 1. The fourth-order valence-electron chi connectivity index (χ4n) is 2.98. The Bertz CT molecular complexity index is 427. The topological polar surface area (TPSA) is 46.3 Å². The van der Waals surface area contributed by atoms with Gasteiger partial charge in [-0.2, -0.15) is 0 Å². The van der Waals surface area contributed by atoms with Crippen LogP contribution in [0.1, 0.15) is 43.7 Å². The Hall–Kier alpha value is -1.35. The molecule has 2 N–H and O–H groups in total. The van der Waals surface area contributed by atoms with Gasteiger partial charge in [0.05, 0.1) is 6.04 Å². The highest BCUT2D eigenvalue weighted by Gasteiger charge is 2.41. The van der Waals surface area contributed by atoms with Gasteiger partial charge in [0, 0.05) is 18.5 Å². The number of rotatable bonds is 2. The summed E-state index contributed by atoms with van der Waals surface area (Å²) in [5.41, 5.74) is 7.52. The Labute approximate surface area is 108 Å². The zero-order valence-electron chi connectivity index (χ0n) is 10.6. The van der Waals surface area contributed by atoms with Gasteiger partial charge in [0.25, 0.3) is 0 Å². The van der Waals surface area contributed by atoms with Gasteiger partial charge in [0.1, 0.15) is 0 Å². The van der Waals surface area contributed by atoms with E-state index in [4.69, 9.17) is 5.73 Å². The predicted molar refractivity (Wildman–Crippen MR) is 70.9 cm³/mol. The molecule has 18 heavy (non-hydrogen) atoms. The quantitative estimate of drug-likeness (QED) is 0.867. The summed E-state index contributed by atoms with van der Waals surface area (Å²) in [4.78, 5) is 14.4. The summed E-state index contributed by atoms with van der Waals surface area (Å²) >= 11 is 0. The van der Waals surface area contributed by atoms with Crippen molar-refractivity contribution in [3.63, 3.8) is 0 Å². The number of carbonyl (C=O) groups excluding carboxylic acids is 1. The lowest BCUT2D eigenvalue weighted by Crippen LogP contribution is -2.43. The fraction of sp³-hybridized carbons (Fsp3) is 0.533. The molecular formula is C15H20N2O. The lowest BCUT2D eigenvalue weighted by Gasteiger charge is -2.34. The van der Waals surface area contributed by atoms with E-state index < -0.39 is 0 Å². The van der Waals surface area contributed by atoms with E-state index in [1.165, 1.54) is 5.56 Å². The van der Waals surface area contributed by atoms with Gasteiger partial charge in [-0.05, 0) is 31.2 Å². The van der Waals surface area contributed by atoms with Gasteiger partial charge in [0.2, 0.25) is 5.91 Å². The molecule has 0 radical (unpaired) electrons. The van der Waals surface area contributed by atoms with Crippen LogP contribution >= 0.6 is 0 Å². The van der Waals surface area contributed by atoms with Crippen molar-refractivity contribution in [1.82, 2.24) is 4.90 Å². The molecular weight excluding hydrogens is 224 g/mol. The van der Waals surface area contributed by atoms with Crippen LogP contribution in [0.5, 0.6) is 0 Å². The van der Waals surface area contributed by atoms with Gasteiger partial charge in [0.15, 0.2) is 0 Å². The molecule has 1 saturated heterocycles. The average molecular weight is 244 g/mol. The van der Waals surface area contributed by atoms with Gasteiger partial charge in [-0.1, -0.05) is 30.3 Å². The molecule has 96 valence electrons. The molecule has 3 rings (SSSR count). The largest absolute Gasteiger partial charge is 0.331 e. The number of hydrogen-bond acceptors (Lipinski definition) is 2. The molecule has 1 amide bonds. The SMILES string of the molecule is NC1CCCC(=O)N(C2CC2)C1c1ccccc1. The zero-order valence-corrected chi connectivity index (χ0v) is 10.6. The van der Waals surface area contributed by atoms with Crippen LogP contribution in [0.3, 0.4) is 0 Å². The molecule has 3 heteroatoms. The number of nitrogens with two attached hydrogens (primary N) is 1. The monoisotopic (exact) mass is 244 g/mol. The molecule has 1 aliphatic heterocycles. The van der Waals surface area contributed by atoms with Crippen molar-refractivity contribution < 1.29 is 4.79 Å². The third-order valence-corrected chi connectivity index (χ3v) is 4.00. The summed E-state index contributed by atoms with van der Waals surface area (Å²) in [7, 11) is 0. The molecule has 0 spiro atoms. The Balaban J connectivity index is 1.96. The van der Waals surface area contributed by atoms with Crippen LogP contribution in [0.2, 0.25) is 0 Å². The first kappa shape index (κ1) is 11.7. The maximum Gasteiger partial charge on any atom is 0.223 e. The number of benzene rings is 1. The Morgan fingerprint density at radius 1 is 1.11 bits per heavy atom. The Morgan fingerprint density at radius 3 is 2.50 bits per heavy atom. The van der Waals surface area contributed by atoms with Crippen LogP contribution in [0, 0.1) is 0 Å². The highest BCUT2D eigenvalue weighted by atomic mass is 16.2. The third-order valence-electron chi connectivity index (χ3n) is 4.00. The second kappa shape index (κ2) is 4.73. The number of nitrogens with zero attached hydrogens (tertiary/aromatic N) is 1. The van der Waals surface area contributed by atoms with Crippen molar-refractivity contribution in [2.75, 3.05) is 0 Å². The maximum absolute atomic E-state index is 12.3. The molecule has 1 aliphatic carbocycles. The van der Waals surface area contributed by atoms with Gasteiger partial charge >= 0.3 is 0 Å². The summed E-state index contributed by atoms with van der Waals surface area (Å²) in [6.45, 7) is 0. The van der Waals surface area contributed by atoms with Crippen LogP contribution in [-0.4, -0.2) is 22.9 Å². The molecule has 2 atom stereocenters. The van der Waals surface area contributed by atoms with Crippen LogP contribution in [-0.2, 0) is 4.79 Å². The summed E-state index contributed by atoms with van der Waals surface area (Å²) in [6.07, 6.45) is 4.80. The maximum atomic E-state index is 12.3. The summed E-state index contributed by atoms with van der Waals surface area (Å²) in [6, 6.07) is 10.8. The van der Waals surface area contributed by atoms with Crippen LogP contribution < -0.4 is 5.73 Å². The highest BCUT2D eigenvalue weighted by molar-refractivity contribution is 5.78. The molecule has 0 bridgehead atoms. The first-order valence-electron chi connectivity index (χ1n) is 6.89. The molecule has 2 unspecified atom stereocenters. The molecule has 0 aromatic heterocycles. The number of likely N-dealkylation sites (tertiary alicyclic amines) is 1. The van der Waals surface area contributed by atoms with Gasteiger partial charge in [-0.3, -0.25) is 4.79 Å². The summed E-state index contributed by atoms with van der Waals surface area (Å²) in [5, 5.41) is 0. The summed E-state index contributed by atoms with van der Waals surface area (Å²) in [5.74, 6) is 0.291. The van der Waals surface area contributed by atoms with E-state index >= 15 is 0 Å². The molecule has 1 aromatic rings. The van der Waals surface area contributed by atoms with Crippen molar-refractivity contribution in [3.8, 4) is 0 Å². The molecule has 2 aliphatic rings. The van der Waals surface area contributed by atoms with E-state index in [1.54, 1.807) is 0 Å². The van der Waals surface area contributed by atoms with Gasteiger partial charge in [-0.15, -0.1) is 0 Å². The van der Waals surface area contributed by atoms with E-state index in [9.17, 15) is 4.79 Å². The average Bonchev–Trinajstić information content (AvgIpc) is 3.20. The molecule has 1 aromatic carbocycles. The molecule has 1 heterocycles. The molecule has 3 nitrogen and oxygen atoms in total. The normalized spacial score (nSPS) is 29.2. The van der Waals surface area contributed by atoms with Crippen molar-refractivity contribution in [2.24, 2.45) is 5.73 Å². The molecule has 1 saturated carbocycles. The van der Waals surface area contributed by atoms with Gasteiger partial charge < -0.3 is 10.6 Å². The predicted octanol–water partition coefficient (Wildman–Crippen LogP) is 2.23. The second-order valence-electron chi connectivity index (χ2n) is 5.44. The van der Waals surface area contributed by atoms with Crippen molar-refractivity contribution in [1.29, 1.82) is 0 Å². The van der Waals surface area contributed by atoms with Crippen molar-refractivity contribution >= 4 is 5.91 Å². The van der Waals surface area contributed by atoms with Gasteiger partial charge in [-0.25, -0.2) is 0 Å². The lowest BCUT2D eigenvalue weighted by atomic mass is 9.96. The van der Waals surface area contributed by atoms with Crippen LogP contribution in [0.25, 0.3) is 0 Å². The minimum Gasteiger partial charge on any atom is -0.331 e. The first-order chi connectivity index (χ1) is 8.77. The minimum absolute atomic E-state index is 0.0689. The second-order valence-corrected chi connectivity index (χ2v) is 5.44. The highest BCUT2D eigenvalue weighted by Crippen LogP contribution is 2.39. The van der Waals surface area contributed by atoms with E-state index in [1.807, 2.05) is 18.2 Å². The first-order valence-corrected chi connectivity index (χ1v) is 6.89. The van der Waals surface area contributed by atoms with Crippen molar-refractivity contribution in [2.45, 2.75) is 50.2 Å². The number of hydrogen-bond donors (Lipinski definition) is 1. The Kier molecular flexibility index (Phi) is 3.08. The van der Waals surface area contributed by atoms with Crippen LogP contribution in [0.4, 0.5) is 0 Å². The van der Waals surface area contributed by atoms with E-state index in [0.717, 1.165) is 25.7 Å². The van der Waals surface area contributed by atoms with E-state index in [-0.39, 0.29) is 12.1 Å². The van der Waals surface area contributed by atoms with Crippen LogP contribution in [0.15, 0.2) is 30.3 Å². The fourth-order valence-corrected chi connectivity index (χ4v) is 2.98. The Morgan fingerprint density at radius 2 is 1.83 bits per heavy atom. The summed E-state index contributed by atoms with van der Waals surface area (Å²) < 4.78 is 0.